The molecule has 48 valence electrons. The van der Waals surface area contributed by atoms with Gasteiger partial charge in [-0.1, -0.05) is 0 Å². The minimum Gasteiger partial charge on any atom is -1.00 e. The van der Waals surface area contributed by atoms with Gasteiger partial charge in [0.25, 0.3) is 0 Å². The standard InChI is InChI=1S/Al.6FH.Li.Sr/h;6*1H;;/q+3;;;;;;;+1;+2/p-6. The molecule has 9 heteroatoms. The van der Waals surface area contributed by atoms with E-state index in [2.05, 4.69) is 0 Å². The Hall–Kier alpha value is 2.19. The van der Waals surface area contributed by atoms with Crippen LogP contribution in [0.5, 0.6) is 0 Å². The van der Waals surface area contributed by atoms with Gasteiger partial charge < -0.3 is 28.2 Å². The van der Waals surface area contributed by atoms with E-state index in [4.69, 9.17) is 0 Å². The minimum atomic E-state index is 0. The van der Waals surface area contributed by atoms with Crippen LogP contribution in [-0.4, -0.2) is 62.8 Å². The number of halogens is 6. The molecule has 0 rings (SSSR count). The van der Waals surface area contributed by atoms with Crippen LogP contribution in [0.15, 0.2) is 0 Å². The van der Waals surface area contributed by atoms with E-state index in [1.54, 1.807) is 0 Å². The molecule has 0 fully saturated rings. The van der Waals surface area contributed by atoms with Gasteiger partial charge in [-0.2, -0.15) is 0 Å². The van der Waals surface area contributed by atoms with Gasteiger partial charge >= 0.3 is 81.7 Å². The molecule has 0 bridgehead atoms. The van der Waals surface area contributed by atoms with Crippen LogP contribution < -0.4 is 47.1 Å². The van der Waals surface area contributed by atoms with Gasteiger partial charge in [0, 0.05) is 0 Å². The van der Waals surface area contributed by atoms with E-state index in [0.29, 0.717) is 0 Å². The molecule has 0 aliphatic heterocycles. The van der Waals surface area contributed by atoms with Crippen molar-refractivity contribution in [1.82, 2.24) is 0 Å². The van der Waals surface area contributed by atoms with Crippen molar-refractivity contribution in [1.29, 1.82) is 0 Å². The zero-order chi connectivity index (χ0) is 0. The first kappa shape index (κ1) is 242. The van der Waals surface area contributed by atoms with Crippen LogP contribution in [0.3, 0.4) is 0 Å². The molecular formula is AlF6LiSr. The molecule has 0 aromatic heterocycles. The van der Waals surface area contributed by atoms with Crippen LogP contribution >= 0.6 is 0 Å². The summed E-state index contributed by atoms with van der Waals surface area (Å²) in [6.07, 6.45) is 0. The molecule has 0 N–H and O–H groups in total. The fraction of sp³-hybridized carbons (Fsp3) is 0. The van der Waals surface area contributed by atoms with Crippen LogP contribution in [0.4, 0.5) is 0 Å². The van der Waals surface area contributed by atoms with Gasteiger partial charge in [-0.25, -0.2) is 0 Å². The topological polar surface area (TPSA) is 0 Å². The molecule has 0 aromatic carbocycles. The number of rotatable bonds is 0. The van der Waals surface area contributed by atoms with Crippen molar-refractivity contribution < 1.29 is 47.1 Å². The molecule has 0 saturated carbocycles. The SMILES string of the molecule is [Al+3].[F-].[F-].[F-].[F-].[F-].[F-].[Li+].[Sr+2]. The zero-order valence-corrected chi connectivity index (χ0v) is 9.18. The summed E-state index contributed by atoms with van der Waals surface area (Å²) < 4.78 is 0. The van der Waals surface area contributed by atoms with Gasteiger partial charge in [0.15, 0.2) is 0 Å². The van der Waals surface area contributed by atoms with Gasteiger partial charge in [0.05, 0.1) is 0 Å². The van der Waals surface area contributed by atoms with E-state index in [9.17, 15) is 0 Å². The van der Waals surface area contributed by atoms with Crippen molar-refractivity contribution in [3.05, 3.63) is 0 Å². The summed E-state index contributed by atoms with van der Waals surface area (Å²) in [5, 5.41) is 0. The third kappa shape index (κ3) is 142. The van der Waals surface area contributed by atoms with Gasteiger partial charge in [-0.15, -0.1) is 0 Å². The predicted molar refractivity (Wildman–Crippen MR) is 11.5 cm³/mol. The normalized spacial score (nSPS) is 0. The largest absolute Gasteiger partial charge is 3.00 e. The second kappa shape index (κ2) is 179. The summed E-state index contributed by atoms with van der Waals surface area (Å²) in [6.45, 7) is 0. The first-order valence-corrected chi connectivity index (χ1v) is 0. The molecule has 9 heavy (non-hydrogen) atoms. The van der Waals surface area contributed by atoms with Gasteiger partial charge in [-0.05, 0) is 0 Å². The second-order valence-electron chi connectivity index (χ2n) is 0. The maximum Gasteiger partial charge on any atom is 3.00 e. The average Bonchev–Trinajstić information content (AvgIpc) is 0. The van der Waals surface area contributed by atoms with Crippen molar-refractivity contribution in [3.8, 4) is 0 Å². The first-order chi connectivity index (χ1) is 0. The number of hydrogen-bond acceptors (Lipinski definition) is 0. The van der Waals surface area contributed by atoms with Crippen LogP contribution in [0.1, 0.15) is 0 Å². The summed E-state index contributed by atoms with van der Waals surface area (Å²) in [6, 6.07) is 0. The van der Waals surface area contributed by atoms with E-state index in [1.807, 2.05) is 0 Å². The summed E-state index contributed by atoms with van der Waals surface area (Å²) in [5.74, 6) is 0. The van der Waals surface area contributed by atoms with Crippen LogP contribution in [0.25, 0.3) is 0 Å². The third-order valence-electron chi connectivity index (χ3n) is 0. The van der Waals surface area contributed by atoms with E-state index in [1.165, 1.54) is 0 Å². The Bertz CT molecular complexity index is 13.0. The third-order valence-corrected chi connectivity index (χ3v) is 0. The quantitative estimate of drug-likeness (QED) is 0.289. The average molecular weight is 236 g/mol. The van der Waals surface area contributed by atoms with Crippen molar-refractivity contribution in [2.75, 3.05) is 0 Å². The molecule has 0 radical (unpaired) electrons. The molecule has 0 unspecified atom stereocenters. The Labute approximate surface area is 108 Å². The fourth-order valence-electron chi connectivity index (χ4n) is 0. The number of hydrogen-bond donors (Lipinski definition) is 0. The fourth-order valence-corrected chi connectivity index (χ4v) is 0. The second-order valence-corrected chi connectivity index (χ2v) is 0. The van der Waals surface area contributed by atoms with Gasteiger partial charge in [0.1, 0.15) is 0 Å². The first-order valence-electron chi connectivity index (χ1n) is 0. The molecule has 0 heterocycles. The van der Waals surface area contributed by atoms with Crippen molar-refractivity contribution >= 4 is 62.8 Å². The summed E-state index contributed by atoms with van der Waals surface area (Å²) in [4.78, 5) is 0. The monoisotopic (exact) mass is 236 g/mol. The Morgan fingerprint density at radius 3 is 0.444 bits per heavy atom. The molecule has 0 spiro atoms. The van der Waals surface area contributed by atoms with Crippen molar-refractivity contribution in [2.45, 2.75) is 0 Å². The molecule has 0 amide bonds. The van der Waals surface area contributed by atoms with Gasteiger partial charge in [-0.3, -0.25) is 0 Å². The molecule has 0 aliphatic carbocycles. The zero-order valence-electron chi connectivity index (χ0n) is 4.55. The van der Waals surface area contributed by atoms with Crippen LogP contribution in [-0.2, 0) is 0 Å². The summed E-state index contributed by atoms with van der Waals surface area (Å²) in [5.41, 5.74) is 0. The Balaban J connectivity index is 0. The maximum atomic E-state index is 0. The van der Waals surface area contributed by atoms with Crippen LogP contribution in [0.2, 0.25) is 0 Å². The molecule has 0 aromatic rings. The van der Waals surface area contributed by atoms with Crippen molar-refractivity contribution in [2.24, 2.45) is 0 Å². The summed E-state index contributed by atoms with van der Waals surface area (Å²) >= 11 is 0. The Morgan fingerprint density at radius 2 is 0.444 bits per heavy atom. The molecule has 0 nitrogen and oxygen atoms in total. The van der Waals surface area contributed by atoms with E-state index >= 15 is 0 Å². The van der Waals surface area contributed by atoms with E-state index in [0.717, 1.165) is 0 Å². The molecule has 0 atom stereocenters. The molecule has 0 aliphatic rings. The maximum absolute atomic E-state index is 0. The van der Waals surface area contributed by atoms with E-state index in [-0.39, 0.29) is 110 Å². The summed E-state index contributed by atoms with van der Waals surface area (Å²) in [7, 11) is 0. The van der Waals surface area contributed by atoms with Gasteiger partial charge in [0.2, 0.25) is 0 Å². The van der Waals surface area contributed by atoms with E-state index < -0.39 is 0 Å². The van der Waals surface area contributed by atoms with Crippen LogP contribution in [0, 0.1) is 0 Å². The smallest absolute Gasteiger partial charge is 1.00 e. The Morgan fingerprint density at radius 1 is 0.444 bits per heavy atom. The minimum absolute atomic E-state index is 0. The molecular weight excluding hydrogens is 236 g/mol. The molecule has 0 saturated heterocycles. The van der Waals surface area contributed by atoms with Crippen molar-refractivity contribution in [3.63, 3.8) is 0 Å². The Kier molecular flexibility index (Phi) is 4830. The predicted octanol–water partition coefficient (Wildman–Crippen LogP) is -21.7.